The molecule has 0 radical (unpaired) electrons. The van der Waals surface area contributed by atoms with Crippen molar-refractivity contribution in [3.8, 4) is 0 Å². The molecule has 2 unspecified atom stereocenters. The Kier molecular flexibility index (Phi) is 17.6. The van der Waals surface area contributed by atoms with Gasteiger partial charge in [-0.05, 0) is 0 Å². The summed E-state index contributed by atoms with van der Waals surface area (Å²) in [6.45, 7) is 0.0801. The lowest BCUT2D eigenvalue weighted by molar-refractivity contribution is -0.139. The molecule has 3 rings (SSSR count). The van der Waals surface area contributed by atoms with E-state index in [1.54, 1.807) is 0 Å². The number of carbonyl (C=O) groups is 5. The molecule has 7 atom stereocenters. The van der Waals surface area contributed by atoms with Crippen LogP contribution in [0.4, 0.5) is 5.82 Å². The van der Waals surface area contributed by atoms with E-state index in [2.05, 4.69) is 34.4 Å². The number of carboxylic acid groups (broad SMARTS) is 1. The van der Waals surface area contributed by atoms with Crippen LogP contribution in [0.1, 0.15) is 45.8 Å². The maximum absolute atomic E-state index is 12.7. The fraction of sp³-hybridized carbons (Fsp3) is 0.630. The standard InChI is InChI=1S/C27H42N7O20P3S/c1-27(2,22(41)25(42)30-6-5-16(36)29-7-8-58-18(39)9-14(35)3-4-17(37)38)11-51-57(48,49)54-56(46,47)50-10-15-21(53-55(43,44)45)20(40)26(52-15)34-13-33-19-23(28)31-12-32-24(19)34/h12-13,15,20-22,26,40-41H,3-11H2,1-2H3,(H,29,36)(H,30,42)(H,37,38)(H,46,47)(H,48,49)(H2,28,31,32)(H2,43,44,45)/t15-,20-,21-,22+,26-/m1/s1. The molecule has 2 aromatic heterocycles. The smallest absolute Gasteiger partial charge is 0.481 e. The van der Waals surface area contributed by atoms with Gasteiger partial charge in [0.25, 0.3) is 0 Å². The summed E-state index contributed by atoms with van der Waals surface area (Å²) in [4.78, 5) is 109. The number of thioether (sulfide) groups is 1. The number of amides is 2. The second-order valence-electron chi connectivity index (χ2n) is 12.9. The molecule has 1 saturated heterocycles. The molecule has 58 heavy (non-hydrogen) atoms. The summed E-state index contributed by atoms with van der Waals surface area (Å²) in [6.07, 6.45) is -8.30. The Hall–Kier alpha value is -3.30. The molecule has 2 aromatic rings. The quantitative estimate of drug-likeness (QED) is 0.0325. The first-order valence-corrected chi connectivity index (χ1v) is 22.1. The third-order valence-electron chi connectivity index (χ3n) is 7.72. The second-order valence-corrected chi connectivity index (χ2v) is 18.3. The van der Waals surface area contributed by atoms with Gasteiger partial charge in [0.15, 0.2) is 22.8 Å². The fourth-order valence-corrected chi connectivity index (χ4v) is 8.37. The van der Waals surface area contributed by atoms with E-state index in [1.807, 2.05) is 0 Å². The fourth-order valence-electron chi connectivity index (χ4n) is 4.84. The van der Waals surface area contributed by atoms with Gasteiger partial charge in [0.1, 0.15) is 42.0 Å². The van der Waals surface area contributed by atoms with Crippen LogP contribution < -0.4 is 16.4 Å². The molecular weight excluding hydrogens is 867 g/mol. The highest BCUT2D eigenvalue weighted by Crippen LogP contribution is 2.61. The molecule has 2 amide bonds. The molecule has 1 fully saturated rings. The number of hydrogen-bond donors (Lipinski definition) is 10. The van der Waals surface area contributed by atoms with Crippen LogP contribution in [-0.2, 0) is 60.3 Å². The Morgan fingerprint density at radius 3 is 2.33 bits per heavy atom. The summed E-state index contributed by atoms with van der Waals surface area (Å²) >= 11 is 0.765. The lowest BCUT2D eigenvalue weighted by Gasteiger charge is -2.30. The number of imidazole rings is 1. The molecule has 0 aliphatic carbocycles. The molecule has 0 saturated carbocycles. The Morgan fingerprint density at radius 1 is 1.00 bits per heavy atom. The number of carboxylic acids is 1. The van der Waals surface area contributed by atoms with Gasteiger partial charge in [-0.15, -0.1) is 0 Å². The summed E-state index contributed by atoms with van der Waals surface area (Å²) in [7, 11) is -16.5. The van der Waals surface area contributed by atoms with Gasteiger partial charge in [-0.1, -0.05) is 25.6 Å². The average molecular weight is 910 g/mol. The van der Waals surface area contributed by atoms with Gasteiger partial charge >= 0.3 is 29.4 Å². The van der Waals surface area contributed by atoms with Gasteiger partial charge in [0.05, 0.1) is 32.4 Å². The number of nitrogens with zero attached hydrogens (tertiary/aromatic N) is 4. The number of rotatable bonds is 24. The van der Waals surface area contributed by atoms with Crippen LogP contribution in [0.5, 0.6) is 0 Å². The van der Waals surface area contributed by atoms with E-state index < -0.39 is 114 Å². The van der Waals surface area contributed by atoms with Crippen LogP contribution in [0, 0.1) is 5.41 Å². The number of aliphatic carboxylic acids is 1. The highest BCUT2D eigenvalue weighted by molar-refractivity contribution is 8.13. The molecule has 0 spiro atoms. The van der Waals surface area contributed by atoms with Crippen molar-refractivity contribution in [2.45, 2.75) is 70.2 Å². The number of aromatic nitrogens is 4. The average Bonchev–Trinajstić information content (AvgIpc) is 3.67. The van der Waals surface area contributed by atoms with Gasteiger partial charge in [0, 0.05) is 37.1 Å². The minimum Gasteiger partial charge on any atom is -0.481 e. The summed E-state index contributed by atoms with van der Waals surface area (Å²) in [5.41, 5.74) is 4.17. The molecule has 0 aromatic carbocycles. The number of nitrogens with two attached hydrogens (primary N) is 1. The number of aliphatic hydroxyl groups excluding tert-OH is 2. The number of nitrogen functional groups attached to an aromatic ring is 1. The summed E-state index contributed by atoms with van der Waals surface area (Å²) < 4.78 is 61.9. The zero-order valence-corrected chi connectivity index (χ0v) is 34.0. The predicted molar refractivity (Wildman–Crippen MR) is 194 cm³/mol. The van der Waals surface area contributed by atoms with E-state index in [-0.39, 0.29) is 48.7 Å². The monoisotopic (exact) mass is 909 g/mol. The molecule has 0 bridgehead atoms. The van der Waals surface area contributed by atoms with Gasteiger partial charge in [-0.3, -0.25) is 42.1 Å². The summed E-state index contributed by atoms with van der Waals surface area (Å²) in [5, 5.41) is 34.2. The topological polar surface area (TPSA) is 418 Å². The molecule has 326 valence electrons. The van der Waals surface area contributed by atoms with Crippen molar-refractivity contribution >= 4 is 80.9 Å². The third kappa shape index (κ3) is 15.4. The van der Waals surface area contributed by atoms with Crippen LogP contribution in [0.3, 0.4) is 0 Å². The number of Topliss-reactive ketones (excluding diaryl/α,β-unsaturated/α-hetero) is 1. The first-order chi connectivity index (χ1) is 26.8. The van der Waals surface area contributed by atoms with E-state index in [0.29, 0.717) is 0 Å². The predicted octanol–water partition coefficient (Wildman–Crippen LogP) is -1.51. The van der Waals surface area contributed by atoms with Gasteiger partial charge in [-0.2, -0.15) is 4.31 Å². The number of fused-ring (bicyclic) bond motifs is 1. The van der Waals surface area contributed by atoms with Crippen LogP contribution >= 0.6 is 35.2 Å². The van der Waals surface area contributed by atoms with Gasteiger partial charge in [-0.25, -0.2) is 28.6 Å². The minimum atomic E-state index is -5.60. The first-order valence-electron chi connectivity index (χ1n) is 16.6. The molecule has 31 heteroatoms. The zero-order valence-electron chi connectivity index (χ0n) is 30.5. The van der Waals surface area contributed by atoms with Gasteiger partial charge < -0.3 is 56.0 Å². The van der Waals surface area contributed by atoms with Crippen LogP contribution in [0.15, 0.2) is 12.7 Å². The maximum atomic E-state index is 12.7. The Labute approximate surface area is 331 Å². The summed E-state index contributed by atoms with van der Waals surface area (Å²) in [5.74, 6) is -3.23. The molecule has 11 N–H and O–H groups in total. The Bertz CT molecular complexity index is 1960. The zero-order chi connectivity index (χ0) is 43.6. The van der Waals surface area contributed by atoms with Crippen LogP contribution in [-0.4, -0.2) is 140 Å². The number of ketones is 1. The van der Waals surface area contributed by atoms with Gasteiger partial charge in [0.2, 0.25) is 11.8 Å². The van der Waals surface area contributed by atoms with Crippen molar-refractivity contribution in [3.05, 3.63) is 12.7 Å². The maximum Gasteiger partial charge on any atom is 0.481 e. The number of ether oxygens (including phenoxy) is 1. The Morgan fingerprint density at radius 2 is 1.67 bits per heavy atom. The second kappa shape index (κ2) is 20.8. The van der Waals surface area contributed by atoms with Crippen LogP contribution in [0.2, 0.25) is 0 Å². The number of carbonyl (C=O) groups excluding carboxylic acids is 4. The minimum absolute atomic E-state index is 0.0142. The summed E-state index contributed by atoms with van der Waals surface area (Å²) in [6, 6.07) is 0. The van der Waals surface area contributed by atoms with E-state index in [4.69, 9.17) is 24.6 Å². The van der Waals surface area contributed by atoms with Crippen LogP contribution in [0.25, 0.3) is 11.2 Å². The number of hydrogen-bond acceptors (Lipinski definition) is 20. The number of anilines is 1. The van der Waals surface area contributed by atoms with Crippen molar-refractivity contribution in [2.24, 2.45) is 5.41 Å². The number of phosphoric acid groups is 3. The lowest BCUT2D eigenvalue weighted by Crippen LogP contribution is -2.46. The Balaban J connectivity index is 1.46. The lowest BCUT2D eigenvalue weighted by atomic mass is 9.87. The highest BCUT2D eigenvalue weighted by atomic mass is 32.2. The molecular formula is C27H42N7O20P3S. The normalized spacial score (nSPS) is 21.2. The van der Waals surface area contributed by atoms with E-state index in [0.717, 1.165) is 29.0 Å². The number of phosphoric ester groups is 3. The third-order valence-corrected chi connectivity index (χ3v) is 11.7. The molecule has 27 nitrogen and oxygen atoms in total. The first kappa shape index (κ1) is 49.1. The number of nitrogens with one attached hydrogen (secondary N) is 2. The van der Waals surface area contributed by atoms with E-state index >= 15 is 0 Å². The molecule has 1 aliphatic rings. The van der Waals surface area contributed by atoms with E-state index in [1.165, 1.54) is 13.8 Å². The van der Waals surface area contributed by atoms with E-state index in [9.17, 15) is 67.5 Å². The highest BCUT2D eigenvalue weighted by Gasteiger charge is 2.50. The largest absolute Gasteiger partial charge is 0.481 e. The van der Waals surface area contributed by atoms with Crippen molar-refractivity contribution in [1.29, 1.82) is 0 Å². The number of aliphatic hydroxyl groups is 2. The van der Waals surface area contributed by atoms with Crippen molar-refractivity contribution in [1.82, 2.24) is 30.2 Å². The van der Waals surface area contributed by atoms with Crippen molar-refractivity contribution in [2.75, 3.05) is 37.8 Å². The SMILES string of the molecule is CC(C)(COP(=O)(O)OP(=O)(O)OC[C@H]1O[C@@H](n2cnc3c(N)ncnc32)[C@H](O)[C@@H]1OP(=O)(O)O)[C@@H](O)C(=O)NCCC(=O)NCCSC(=O)CC(=O)CCC(=O)O. The van der Waals surface area contributed by atoms with Crippen molar-refractivity contribution < 1.29 is 95.2 Å². The molecule has 3 heterocycles. The molecule has 1 aliphatic heterocycles. The van der Waals surface area contributed by atoms with Crippen molar-refractivity contribution in [3.63, 3.8) is 0 Å².